The van der Waals surface area contributed by atoms with Crippen LogP contribution in [0.3, 0.4) is 0 Å². The summed E-state index contributed by atoms with van der Waals surface area (Å²) >= 11 is 0. The van der Waals surface area contributed by atoms with Crippen LogP contribution in [0.2, 0.25) is 0 Å². The van der Waals surface area contributed by atoms with Crippen LogP contribution in [0.15, 0.2) is 72.8 Å². The zero-order valence-electron chi connectivity index (χ0n) is 17.0. The zero-order valence-corrected chi connectivity index (χ0v) is 17.0. The van der Waals surface area contributed by atoms with Gasteiger partial charge in [-0.1, -0.05) is 36.4 Å². The molecule has 0 aliphatic rings. The maximum absolute atomic E-state index is 12.7. The van der Waals surface area contributed by atoms with Crippen molar-refractivity contribution in [1.29, 1.82) is 0 Å². The van der Waals surface area contributed by atoms with Gasteiger partial charge >= 0.3 is 5.97 Å². The largest absolute Gasteiger partial charge is 0.497 e. The number of hydrogen-bond acceptors (Lipinski definition) is 5. The summed E-state index contributed by atoms with van der Waals surface area (Å²) in [5, 5.41) is 0. The van der Waals surface area contributed by atoms with E-state index >= 15 is 0 Å². The summed E-state index contributed by atoms with van der Waals surface area (Å²) < 4.78 is 16.1. The van der Waals surface area contributed by atoms with E-state index < -0.39 is 5.97 Å². The maximum atomic E-state index is 12.7. The number of para-hydroxylation sites is 1. The fourth-order valence-corrected chi connectivity index (χ4v) is 2.93. The van der Waals surface area contributed by atoms with Crippen LogP contribution in [-0.2, 0) is 0 Å². The van der Waals surface area contributed by atoms with Gasteiger partial charge in [-0.2, -0.15) is 0 Å². The van der Waals surface area contributed by atoms with Gasteiger partial charge in [0.15, 0.2) is 5.78 Å². The molecule has 5 heteroatoms. The summed E-state index contributed by atoms with van der Waals surface area (Å²) in [7, 11) is 3.04. The molecule has 0 heterocycles. The van der Waals surface area contributed by atoms with E-state index in [1.165, 1.54) is 20.3 Å². The first-order chi connectivity index (χ1) is 14.5. The highest BCUT2D eigenvalue weighted by molar-refractivity contribution is 6.09. The van der Waals surface area contributed by atoms with Gasteiger partial charge in [-0.15, -0.1) is 0 Å². The Balaban J connectivity index is 1.84. The van der Waals surface area contributed by atoms with Gasteiger partial charge in [-0.3, -0.25) is 4.79 Å². The van der Waals surface area contributed by atoms with Crippen molar-refractivity contribution >= 4 is 17.8 Å². The molecule has 0 aliphatic heterocycles. The molecule has 3 aromatic carbocycles. The number of hydrogen-bond donors (Lipinski definition) is 0. The molecule has 0 saturated carbocycles. The molecule has 0 spiro atoms. The van der Waals surface area contributed by atoms with Crippen LogP contribution in [0, 0.1) is 6.92 Å². The number of methoxy groups -OCH3 is 2. The number of carbonyl (C=O) groups excluding carboxylic acids is 2. The van der Waals surface area contributed by atoms with Crippen molar-refractivity contribution in [3.63, 3.8) is 0 Å². The summed E-state index contributed by atoms with van der Waals surface area (Å²) in [5.41, 5.74) is 2.31. The summed E-state index contributed by atoms with van der Waals surface area (Å²) in [4.78, 5) is 25.3. The third-order valence-corrected chi connectivity index (χ3v) is 4.57. The Morgan fingerprint density at radius 1 is 0.800 bits per heavy atom. The molecule has 3 aromatic rings. The molecule has 0 amide bonds. The van der Waals surface area contributed by atoms with Crippen molar-refractivity contribution in [3.8, 4) is 17.2 Å². The van der Waals surface area contributed by atoms with E-state index in [4.69, 9.17) is 14.2 Å². The Morgan fingerprint density at radius 2 is 1.53 bits per heavy atom. The van der Waals surface area contributed by atoms with Crippen molar-refractivity contribution in [2.24, 2.45) is 0 Å². The van der Waals surface area contributed by atoms with E-state index in [0.29, 0.717) is 33.9 Å². The SMILES string of the molecule is COc1ccc(OC)c(C(=O)/C=C/c2ccccc2OC(=O)c2ccccc2C)c1. The Kier molecular flexibility index (Phi) is 6.65. The monoisotopic (exact) mass is 402 g/mol. The fourth-order valence-electron chi connectivity index (χ4n) is 2.93. The Morgan fingerprint density at radius 3 is 2.27 bits per heavy atom. The van der Waals surface area contributed by atoms with Crippen molar-refractivity contribution in [1.82, 2.24) is 0 Å². The topological polar surface area (TPSA) is 61.8 Å². The van der Waals surface area contributed by atoms with E-state index in [0.717, 1.165) is 5.56 Å². The van der Waals surface area contributed by atoms with E-state index in [2.05, 4.69) is 0 Å². The zero-order chi connectivity index (χ0) is 21.5. The van der Waals surface area contributed by atoms with Crippen LogP contribution in [0.25, 0.3) is 6.08 Å². The smallest absolute Gasteiger partial charge is 0.343 e. The van der Waals surface area contributed by atoms with E-state index in [1.807, 2.05) is 19.1 Å². The predicted molar refractivity (Wildman–Crippen MR) is 115 cm³/mol. The van der Waals surface area contributed by atoms with Crippen molar-refractivity contribution in [2.75, 3.05) is 14.2 Å². The normalized spacial score (nSPS) is 10.6. The predicted octanol–water partition coefficient (Wildman–Crippen LogP) is 5.13. The molecular weight excluding hydrogens is 380 g/mol. The third-order valence-electron chi connectivity index (χ3n) is 4.57. The highest BCUT2D eigenvalue weighted by Crippen LogP contribution is 2.26. The number of aryl methyl sites for hydroxylation is 1. The van der Waals surface area contributed by atoms with Crippen LogP contribution >= 0.6 is 0 Å². The van der Waals surface area contributed by atoms with Crippen LogP contribution < -0.4 is 14.2 Å². The molecule has 3 rings (SSSR count). The van der Waals surface area contributed by atoms with Crippen LogP contribution in [-0.4, -0.2) is 26.0 Å². The number of carbonyl (C=O) groups is 2. The van der Waals surface area contributed by atoms with E-state index in [-0.39, 0.29) is 5.78 Å². The molecule has 0 fully saturated rings. The highest BCUT2D eigenvalue weighted by atomic mass is 16.5. The number of ether oxygens (including phenoxy) is 3. The Labute approximate surface area is 175 Å². The lowest BCUT2D eigenvalue weighted by molar-refractivity contribution is 0.0733. The van der Waals surface area contributed by atoms with Gasteiger partial charge in [0.1, 0.15) is 17.2 Å². The van der Waals surface area contributed by atoms with Gasteiger partial charge in [0.25, 0.3) is 0 Å². The van der Waals surface area contributed by atoms with Gasteiger partial charge in [0.2, 0.25) is 0 Å². The number of rotatable bonds is 7. The minimum Gasteiger partial charge on any atom is -0.497 e. The first-order valence-corrected chi connectivity index (χ1v) is 9.34. The lowest BCUT2D eigenvalue weighted by atomic mass is 10.1. The molecule has 0 aliphatic carbocycles. The second-order valence-corrected chi connectivity index (χ2v) is 6.51. The number of ketones is 1. The summed E-state index contributed by atoms with van der Waals surface area (Å²) in [5.74, 6) is 0.665. The first kappa shape index (κ1) is 20.9. The quantitative estimate of drug-likeness (QED) is 0.237. The highest BCUT2D eigenvalue weighted by Gasteiger charge is 2.14. The van der Waals surface area contributed by atoms with Crippen LogP contribution in [0.5, 0.6) is 17.2 Å². The van der Waals surface area contributed by atoms with Gasteiger partial charge in [0, 0.05) is 5.56 Å². The molecule has 0 atom stereocenters. The minimum absolute atomic E-state index is 0.259. The summed E-state index contributed by atoms with van der Waals surface area (Å²) in [6.07, 6.45) is 3.03. The molecule has 5 nitrogen and oxygen atoms in total. The Bertz CT molecular complexity index is 1100. The molecule has 0 N–H and O–H groups in total. The molecule has 0 saturated heterocycles. The minimum atomic E-state index is -0.449. The number of esters is 1. The van der Waals surface area contributed by atoms with Crippen LogP contribution in [0.4, 0.5) is 0 Å². The molecule has 30 heavy (non-hydrogen) atoms. The lowest BCUT2D eigenvalue weighted by Crippen LogP contribution is -2.10. The summed E-state index contributed by atoms with van der Waals surface area (Å²) in [6.45, 7) is 1.85. The van der Waals surface area contributed by atoms with Crippen molar-refractivity contribution < 1.29 is 23.8 Å². The molecule has 0 bridgehead atoms. The van der Waals surface area contributed by atoms with Crippen LogP contribution in [0.1, 0.15) is 31.8 Å². The molecule has 152 valence electrons. The van der Waals surface area contributed by atoms with E-state index in [9.17, 15) is 9.59 Å². The first-order valence-electron chi connectivity index (χ1n) is 9.34. The van der Waals surface area contributed by atoms with Gasteiger partial charge in [0.05, 0.1) is 25.3 Å². The van der Waals surface area contributed by atoms with Gasteiger partial charge < -0.3 is 14.2 Å². The fraction of sp³-hybridized carbons (Fsp3) is 0.120. The van der Waals surface area contributed by atoms with E-state index in [1.54, 1.807) is 60.7 Å². The van der Waals surface area contributed by atoms with Crippen molar-refractivity contribution in [2.45, 2.75) is 6.92 Å². The van der Waals surface area contributed by atoms with Gasteiger partial charge in [-0.25, -0.2) is 4.79 Å². The molecule has 0 unspecified atom stereocenters. The maximum Gasteiger partial charge on any atom is 0.343 e. The van der Waals surface area contributed by atoms with Crippen molar-refractivity contribution in [3.05, 3.63) is 95.1 Å². The molecular formula is C25H22O5. The summed E-state index contributed by atoms with van der Waals surface area (Å²) in [6, 6.07) is 19.3. The van der Waals surface area contributed by atoms with Gasteiger partial charge in [-0.05, 0) is 55.0 Å². The molecule has 0 aromatic heterocycles. The standard InChI is InChI=1S/C25H22O5/c1-17-8-4-6-10-20(17)25(27)30-23-11-7-5-9-18(23)12-14-22(26)21-16-19(28-2)13-15-24(21)29-3/h4-16H,1-3H3/b14-12+. The lowest BCUT2D eigenvalue weighted by Gasteiger charge is -2.09. The third kappa shape index (κ3) is 4.75. The average Bonchev–Trinajstić information content (AvgIpc) is 2.78. The Hall–Kier alpha value is -3.86. The number of allylic oxidation sites excluding steroid dienone is 1. The second-order valence-electron chi connectivity index (χ2n) is 6.51. The number of benzene rings is 3. The second kappa shape index (κ2) is 9.56. The average molecular weight is 402 g/mol. The molecule has 0 radical (unpaired) electrons.